The summed E-state index contributed by atoms with van der Waals surface area (Å²) in [7, 11) is 0. The van der Waals surface area contributed by atoms with Crippen LogP contribution in [0, 0.1) is 0 Å². The summed E-state index contributed by atoms with van der Waals surface area (Å²) in [5.74, 6) is 0.559. The quantitative estimate of drug-likeness (QED) is 0.934. The fourth-order valence-electron chi connectivity index (χ4n) is 2.45. The number of hydrogen-bond donors (Lipinski definition) is 1. The third-order valence-corrected chi connectivity index (χ3v) is 3.49. The van der Waals surface area contributed by atoms with Crippen LogP contribution in [0.15, 0.2) is 36.9 Å². The molecule has 2 aromatic rings. The molecule has 6 heteroatoms. The van der Waals surface area contributed by atoms with Crippen molar-refractivity contribution in [3.63, 3.8) is 0 Å². The predicted octanol–water partition coefficient (Wildman–Crippen LogP) is 2.11. The Balaban J connectivity index is 1.80. The van der Waals surface area contributed by atoms with Crippen LogP contribution in [-0.4, -0.2) is 33.9 Å². The molecule has 21 heavy (non-hydrogen) atoms. The molecule has 1 aliphatic rings. The number of carbonyl (C=O) groups excluding carboxylic acids is 1. The van der Waals surface area contributed by atoms with Crippen molar-refractivity contribution in [2.75, 3.05) is 23.3 Å². The Kier molecular flexibility index (Phi) is 4.04. The van der Waals surface area contributed by atoms with E-state index in [9.17, 15) is 4.79 Å². The molecule has 1 N–H and O–H groups in total. The summed E-state index contributed by atoms with van der Waals surface area (Å²) in [5.41, 5.74) is 1.01. The van der Waals surface area contributed by atoms with E-state index < -0.39 is 0 Å². The van der Waals surface area contributed by atoms with Crippen molar-refractivity contribution in [3.05, 3.63) is 42.6 Å². The van der Waals surface area contributed by atoms with Crippen LogP contribution in [-0.2, 0) is 0 Å². The average molecular weight is 283 g/mol. The summed E-state index contributed by atoms with van der Waals surface area (Å²) in [6, 6.07) is 3.69. The second-order valence-corrected chi connectivity index (χ2v) is 4.97. The van der Waals surface area contributed by atoms with Crippen LogP contribution in [0.2, 0.25) is 0 Å². The van der Waals surface area contributed by atoms with Crippen LogP contribution in [0.5, 0.6) is 0 Å². The van der Waals surface area contributed by atoms with E-state index in [0.717, 1.165) is 37.4 Å². The van der Waals surface area contributed by atoms with E-state index in [1.807, 2.05) is 12.1 Å². The van der Waals surface area contributed by atoms with Crippen molar-refractivity contribution < 1.29 is 4.79 Å². The van der Waals surface area contributed by atoms with Gasteiger partial charge in [0.25, 0.3) is 5.91 Å². The third kappa shape index (κ3) is 3.16. The molecule has 3 rings (SSSR count). The van der Waals surface area contributed by atoms with Gasteiger partial charge in [-0.05, 0) is 31.4 Å². The first kappa shape index (κ1) is 13.5. The van der Waals surface area contributed by atoms with Crippen molar-refractivity contribution in [1.29, 1.82) is 0 Å². The maximum absolute atomic E-state index is 12.2. The monoisotopic (exact) mass is 283 g/mol. The number of nitrogens with zero attached hydrogens (tertiary/aromatic N) is 4. The maximum atomic E-state index is 12.2. The Bertz CT molecular complexity index is 610. The molecule has 0 bridgehead atoms. The number of hydrogen-bond acceptors (Lipinski definition) is 5. The summed E-state index contributed by atoms with van der Waals surface area (Å²) in [5, 5.41) is 2.88. The Labute approximate surface area is 123 Å². The average Bonchev–Trinajstić information content (AvgIpc) is 2.57. The predicted molar refractivity (Wildman–Crippen MR) is 80.3 cm³/mol. The molecular formula is C15H17N5O. The maximum Gasteiger partial charge on any atom is 0.275 e. The summed E-state index contributed by atoms with van der Waals surface area (Å²) in [6.07, 6.45) is 9.82. The molecule has 108 valence electrons. The number of aromatic nitrogens is 3. The second kappa shape index (κ2) is 6.30. The molecule has 1 saturated heterocycles. The standard InChI is InChI=1S/C15H17N5O/c21-15(13-11-16-7-8-17-13)19-12-5-4-6-18-14(12)20-9-2-1-3-10-20/h4-8,11H,1-3,9-10H2,(H,19,21). The van der Waals surface area contributed by atoms with Gasteiger partial charge in [0.15, 0.2) is 5.82 Å². The van der Waals surface area contributed by atoms with Crippen molar-refractivity contribution in [1.82, 2.24) is 15.0 Å². The van der Waals surface area contributed by atoms with Crippen LogP contribution in [0.25, 0.3) is 0 Å². The fourth-order valence-corrected chi connectivity index (χ4v) is 2.45. The van der Waals surface area contributed by atoms with Crippen molar-refractivity contribution in [2.45, 2.75) is 19.3 Å². The number of anilines is 2. The van der Waals surface area contributed by atoms with Crippen LogP contribution >= 0.6 is 0 Å². The van der Waals surface area contributed by atoms with E-state index in [4.69, 9.17) is 0 Å². The molecule has 6 nitrogen and oxygen atoms in total. The van der Waals surface area contributed by atoms with E-state index >= 15 is 0 Å². The first-order valence-corrected chi connectivity index (χ1v) is 7.12. The number of pyridine rings is 1. The second-order valence-electron chi connectivity index (χ2n) is 4.97. The lowest BCUT2D eigenvalue weighted by Gasteiger charge is -2.29. The molecule has 1 amide bonds. The van der Waals surface area contributed by atoms with Crippen LogP contribution in [0.4, 0.5) is 11.5 Å². The largest absolute Gasteiger partial charge is 0.355 e. The van der Waals surface area contributed by atoms with E-state index in [0.29, 0.717) is 5.69 Å². The smallest absolute Gasteiger partial charge is 0.275 e. The molecule has 0 atom stereocenters. The summed E-state index contributed by atoms with van der Waals surface area (Å²) < 4.78 is 0. The zero-order valence-electron chi connectivity index (χ0n) is 11.7. The van der Waals surface area contributed by atoms with Gasteiger partial charge in [0, 0.05) is 31.7 Å². The molecular weight excluding hydrogens is 266 g/mol. The summed E-state index contributed by atoms with van der Waals surface area (Å²) in [4.78, 5) is 26.8. The number of nitrogens with one attached hydrogen (secondary N) is 1. The molecule has 0 spiro atoms. The Hall–Kier alpha value is -2.50. The minimum Gasteiger partial charge on any atom is -0.355 e. The van der Waals surface area contributed by atoms with E-state index in [2.05, 4.69) is 25.2 Å². The molecule has 2 aromatic heterocycles. The highest BCUT2D eigenvalue weighted by Crippen LogP contribution is 2.25. The summed E-state index contributed by atoms with van der Waals surface area (Å²) in [6.45, 7) is 1.95. The highest BCUT2D eigenvalue weighted by molar-refractivity contribution is 6.04. The zero-order chi connectivity index (χ0) is 14.5. The number of amides is 1. The van der Waals surface area contributed by atoms with Gasteiger partial charge in [-0.2, -0.15) is 0 Å². The lowest BCUT2D eigenvalue weighted by atomic mass is 10.1. The van der Waals surface area contributed by atoms with Crippen LogP contribution < -0.4 is 10.2 Å². The van der Waals surface area contributed by atoms with Crippen molar-refractivity contribution in [3.8, 4) is 0 Å². The van der Waals surface area contributed by atoms with E-state index in [1.165, 1.54) is 18.8 Å². The molecule has 0 aromatic carbocycles. The number of piperidine rings is 1. The zero-order valence-corrected chi connectivity index (χ0v) is 11.7. The van der Waals surface area contributed by atoms with Gasteiger partial charge in [0.05, 0.1) is 11.9 Å². The van der Waals surface area contributed by atoms with Gasteiger partial charge in [-0.25, -0.2) is 9.97 Å². The molecule has 1 fully saturated rings. The topological polar surface area (TPSA) is 71.0 Å². The first-order valence-electron chi connectivity index (χ1n) is 7.12. The van der Waals surface area contributed by atoms with E-state index in [-0.39, 0.29) is 5.91 Å². The fraction of sp³-hybridized carbons (Fsp3) is 0.333. The Morgan fingerprint density at radius 3 is 2.71 bits per heavy atom. The number of rotatable bonds is 3. The Morgan fingerprint density at radius 1 is 1.10 bits per heavy atom. The number of carbonyl (C=O) groups is 1. The Morgan fingerprint density at radius 2 is 1.95 bits per heavy atom. The lowest BCUT2D eigenvalue weighted by Crippen LogP contribution is -2.31. The van der Waals surface area contributed by atoms with Gasteiger partial charge in [0.2, 0.25) is 0 Å². The SMILES string of the molecule is O=C(Nc1cccnc1N1CCCCC1)c1cnccn1. The molecule has 0 unspecified atom stereocenters. The van der Waals surface area contributed by atoms with Gasteiger partial charge < -0.3 is 10.2 Å². The highest BCUT2D eigenvalue weighted by atomic mass is 16.1. The van der Waals surface area contributed by atoms with Gasteiger partial charge in [-0.3, -0.25) is 9.78 Å². The highest BCUT2D eigenvalue weighted by Gasteiger charge is 2.17. The normalized spacial score (nSPS) is 14.8. The van der Waals surface area contributed by atoms with Gasteiger partial charge in [0.1, 0.15) is 5.69 Å². The molecule has 3 heterocycles. The molecule has 0 saturated carbocycles. The van der Waals surface area contributed by atoms with Crippen LogP contribution in [0.1, 0.15) is 29.8 Å². The van der Waals surface area contributed by atoms with Crippen LogP contribution in [0.3, 0.4) is 0 Å². The first-order chi connectivity index (χ1) is 10.3. The van der Waals surface area contributed by atoms with Gasteiger partial charge in [-0.1, -0.05) is 0 Å². The van der Waals surface area contributed by atoms with Gasteiger partial charge >= 0.3 is 0 Å². The van der Waals surface area contributed by atoms with Gasteiger partial charge in [-0.15, -0.1) is 0 Å². The van der Waals surface area contributed by atoms with E-state index in [1.54, 1.807) is 12.4 Å². The summed E-state index contributed by atoms with van der Waals surface area (Å²) >= 11 is 0. The minimum absolute atomic E-state index is 0.269. The molecule has 0 radical (unpaired) electrons. The lowest BCUT2D eigenvalue weighted by molar-refractivity contribution is 0.102. The van der Waals surface area contributed by atoms with Crippen molar-refractivity contribution >= 4 is 17.4 Å². The third-order valence-electron chi connectivity index (χ3n) is 3.49. The molecule has 1 aliphatic heterocycles. The minimum atomic E-state index is -0.269. The van der Waals surface area contributed by atoms with Crippen molar-refractivity contribution in [2.24, 2.45) is 0 Å². The molecule has 0 aliphatic carbocycles.